The van der Waals surface area contributed by atoms with E-state index in [2.05, 4.69) is 4.74 Å². The van der Waals surface area contributed by atoms with Crippen molar-refractivity contribution in [1.82, 2.24) is 4.90 Å². The number of halogens is 4. The monoisotopic (exact) mass is 187 g/mol. The van der Waals surface area contributed by atoms with Crippen LogP contribution in [0.25, 0.3) is 0 Å². The fraction of sp³-hybridized carbons (Fsp3) is 0.800. The Balaban J connectivity index is 2.85. The standard InChI is InChI=1S/C5H5F4NO2/c1-10-4(11)12-5(10,2(6)7)3(8)9/h2-3H,1H3. The van der Waals surface area contributed by atoms with Crippen molar-refractivity contribution < 1.29 is 27.1 Å². The van der Waals surface area contributed by atoms with Gasteiger partial charge in [-0.05, 0) is 0 Å². The van der Waals surface area contributed by atoms with Crippen LogP contribution in [0.15, 0.2) is 0 Å². The van der Waals surface area contributed by atoms with Gasteiger partial charge in [0.05, 0.1) is 0 Å². The number of alkyl halides is 4. The molecule has 0 saturated carbocycles. The lowest BCUT2D eigenvalue weighted by atomic mass is 10.1. The third kappa shape index (κ3) is 0.850. The molecular weight excluding hydrogens is 182 g/mol. The predicted octanol–water partition coefficient (Wildman–Crippen LogP) is 1.29. The minimum Gasteiger partial charge on any atom is -0.410 e. The third-order valence-electron chi connectivity index (χ3n) is 1.67. The van der Waals surface area contributed by atoms with E-state index in [-0.39, 0.29) is 4.90 Å². The molecule has 0 unspecified atom stereocenters. The van der Waals surface area contributed by atoms with Gasteiger partial charge in [-0.3, -0.25) is 4.90 Å². The Morgan fingerprint density at radius 1 is 1.33 bits per heavy atom. The highest BCUT2D eigenvalue weighted by atomic mass is 19.3. The lowest BCUT2D eigenvalue weighted by Crippen LogP contribution is -2.71. The highest BCUT2D eigenvalue weighted by Crippen LogP contribution is 2.38. The zero-order valence-electron chi connectivity index (χ0n) is 5.93. The Hall–Kier alpha value is -1.01. The average molecular weight is 187 g/mol. The second kappa shape index (κ2) is 2.49. The quantitative estimate of drug-likeness (QED) is 0.609. The molecule has 70 valence electrons. The fourth-order valence-electron chi connectivity index (χ4n) is 0.858. The lowest BCUT2D eigenvalue weighted by molar-refractivity contribution is -0.293. The van der Waals surface area contributed by atoms with E-state index in [1.165, 1.54) is 0 Å². The number of hydrogen-bond acceptors (Lipinski definition) is 2. The highest BCUT2D eigenvalue weighted by Gasteiger charge is 2.65. The topological polar surface area (TPSA) is 29.5 Å². The Morgan fingerprint density at radius 2 is 1.75 bits per heavy atom. The van der Waals surface area contributed by atoms with Crippen LogP contribution in [0.1, 0.15) is 0 Å². The van der Waals surface area contributed by atoms with Gasteiger partial charge >= 0.3 is 24.7 Å². The predicted molar refractivity (Wildman–Crippen MR) is 29.0 cm³/mol. The molecule has 1 saturated heterocycles. The molecule has 1 amide bonds. The SMILES string of the molecule is CN1C(=O)OC1(C(F)F)C(F)F. The van der Waals surface area contributed by atoms with Crippen molar-refractivity contribution in [3.05, 3.63) is 0 Å². The van der Waals surface area contributed by atoms with Gasteiger partial charge < -0.3 is 4.74 Å². The molecule has 1 fully saturated rings. The molecule has 12 heavy (non-hydrogen) atoms. The fourth-order valence-corrected chi connectivity index (χ4v) is 0.858. The summed E-state index contributed by atoms with van der Waals surface area (Å²) in [6, 6.07) is 0. The zero-order chi connectivity index (χ0) is 9.52. The summed E-state index contributed by atoms with van der Waals surface area (Å²) in [4.78, 5) is 10.5. The first kappa shape index (κ1) is 9.08. The zero-order valence-corrected chi connectivity index (χ0v) is 5.93. The van der Waals surface area contributed by atoms with Crippen molar-refractivity contribution in [3.63, 3.8) is 0 Å². The van der Waals surface area contributed by atoms with Crippen LogP contribution in [0.4, 0.5) is 22.4 Å². The molecule has 3 nitrogen and oxygen atoms in total. The second-order valence-electron chi connectivity index (χ2n) is 2.28. The summed E-state index contributed by atoms with van der Waals surface area (Å²) in [6.07, 6.45) is -8.00. The summed E-state index contributed by atoms with van der Waals surface area (Å²) in [6.45, 7) is 0. The van der Waals surface area contributed by atoms with Crippen molar-refractivity contribution in [2.45, 2.75) is 18.6 Å². The van der Waals surface area contributed by atoms with Crippen LogP contribution in [0.2, 0.25) is 0 Å². The van der Waals surface area contributed by atoms with E-state index in [0.717, 1.165) is 7.05 Å². The van der Waals surface area contributed by atoms with Crippen molar-refractivity contribution in [2.24, 2.45) is 0 Å². The minimum absolute atomic E-state index is 0.197. The van der Waals surface area contributed by atoms with E-state index in [4.69, 9.17) is 0 Å². The third-order valence-corrected chi connectivity index (χ3v) is 1.67. The van der Waals surface area contributed by atoms with Gasteiger partial charge in [0.25, 0.3) is 0 Å². The summed E-state index contributed by atoms with van der Waals surface area (Å²) in [5.74, 6) is 0. The van der Waals surface area contributed by atoms with Gasteiger partial charge in [-0.2, -0.15) is 0 Å². The largest absolute Gasteiger partial charge is 0.415 e. The Bertz CT molecular complexity index is 200. The highest BCUT2D eigenvalue weighted by molar-refractivity contribution is 5.74. The maximum Gasteiger partial charge on any atom is 0.415 e. The summed E-state index contributed by atoms with van der Waals surface area (Å²) >= 11 is 0. The van der Waals surface area contributed by atoms with E-state index >= 15 is 0 Å². The van der Waals surface area contributed by atoms with Crippen molar-refractivity contribution in [1.29, 1.82) is 0 Å². The second-order valence-corrected chi connectivity index (χ2v) is 2.28. The molecule has 1 aliphatic rings. The number of rotatable bonds is 2. The van der Waals surface area contributed by atoms with E-state index in [0.29, 0.717) is 0 Å². The number of cyclic esters (lactones) is 1. The molecule has 0 radical (unpaired) electrons. The molecule has 0 aliphatic carbocycles. The van der Waals surface area contributed by atoms with Crippen molar-refractivity contribution in [2.75, 3.05) is 7.05 Å². The van der Waals surface area contributed by atoms with Gasteiger partial charge in [-0.25, -0.2) is 22.4 Å². The van der Waals surface area contributed by atoms with E-state index in [9.17, 15) is 22.4 Å². The van der Waals surface area contributed by atoms with Crippen LogP contribution in [0, 0.1) is 0 Å². The Kier molecular flexibility index (Phi) is 1.89. The molecule has 0 spiro atoms. The van der Waals surface area contributed by atoms with Gasteiger partial charge in [0.15, 0.2) is 0 Å². The number of carbonyl (C=O) groups is 1. The van der Waals surface area contributed by atoms with Crippen LogP contribution >= 0.6 is 0 Å². The van der Waals surface area contributed by atoms with Crippen LogP contribution in [0.3, 0.4) is 0 Å². The first-order chi connectivity index (χ1) is 5.43. The first-order valence-electron chi connectivity index (χ1n) is 2.96. The van der Waals surface area contributed by atoms with Crippen LogP contribution in [0.5, 0.6) is 0 Å². The number of amides is 1. The van der Waals surface area contributed by atoms with Crippen LogP contribution < -0.4 is 0 Å². The average Bonchev–Trinajstić information content (AvgIpc) is 1.97. The van der Waals surface area contributed by atoms with Crippen molar-refractivity contribution in [3.8, 4) is 0 Å². The molecule has 0 aromatic heterocycles. The molecule has 0 bridgehead atoms. The Labute approximate surface area is 64.9 Å². The molecule has 1 heterocycles. The molecule has 0 atom stereocenters. The molecule has 0 N–H and O–H groups in total. The van der Waals surface area contributed by atoms with Gasteiger partial charge in [0.1, 0.15) is 0 Å². The summed E-state index contributed by atoms with van der Waals surface area (Å²) < 4.78 is 51.8. The molecule has 0 aromatic carbocycles. The molecule has 7 heteroatoms. The number of hydrogen-bond donors (Lipinski definition) is 0. The minimum atomic E-state index is -3.42. The number of ether oxygens (including phenoxy) is 1. The molecule has 1 aliphatic heterocycles. The van der Waals surface area contributed by atoms with E-state index in [1.54, 1.807) is 0 Å². The normalized spacial score (nSPS) is 21.2. The van der Waals surface area contributed by atoms with E-state index in [1.807, 2.05) is 0 Å². The molecule has 1 rings (SSSR count). The molecule has 0 aromatic rings. The molecular formula is C5H5F4NO2. The van der Waals surface area contributed by atoms with Gasteiger partial charge in [-0.1, -0.05) is 0 Å². The maximum atomic E-state index is 12.0. The summed E-state index contributed by atoms with van der Waals surface area (Å²) in [5, 5.41) is 0. The smallest absolute Gasteiger partial charge is 0.410 e. The van der Waals surface area contributed by atoms with Crippen molar-refractivity contribution >= 4 is 6.09 Å². The first-order valence-corrected chi connectivity index (χ1v) is 2.96. The number of carbonyl (C=O) groups excluding carboxylic acids is 1. The summed E-state index contributed by atoms with van der Waals surface area (Å²) in [7, 11) is 0.837. The lowest BCUT2D eigenvalue weighted by Gasteiger charge is -2.46. The van der Waals surface area contributed by atoms with Gasteiger partial charge in [-0.15, -0.1) is 0 Å². The van der Waals surface area contributed by atoms with Gasteiger partial charge in [0, 0.05) is 7.05 Å². The summed E-state index contributed by atoms with van der Waals surface area (Å²) in [5.41, 5.74) is -3.03. The number of nitrogens with zero attached hydrogens (tertiary/aromatic N) is 1. The Morgan fingerprint density at radius 3 is 1.83 bits per heavy atom. The van der Waals surface area contributed by atoms with Gasteiger partial charge in [0.2, 0.25) is 0 Å². The van der Waals surface area contributed by atoms with Crippen LogP contribution in [-0.2, 0) is 4.74 Å². The van der Waals surface area contributed by atoms with E-state index < -0.39 is 24.7 Å². The maximum absolute atomic E-state index is 12.0. The van der Waals surface area contributed by atoms with Crippen LogP contribution in [-0.4, -0.2) is 36.6 Å².